The number of ether oxygens (including phenoxy) is 1. The summed E-state index contributed by atoms with van der Waals surface area (Å²) in [4.78, 5) is -0.122. The van der Waals surface area contributed by atoms with Crippen LogP contribution in [-0.4, -0.2) is 21.6 Å². The minimum absolute atomic E-state index is 0.0216. The Morgan fingerprint density at radius 1 is 1.30 bits per heavy atom. The van der Waals surface area contributed by atoms with Crippen molar-refractivity contribution in [2.45, 2.75) is 36.6 Å². The summed E-state index contributed by atoms with van der Waals surface area (Å²) in [7, 11) is -2.37. The Kier molecular flexibility index (Phi) is 3.46. The standard InChI is InChI=1S/C14H18FNO3S/c1-19-13-5-4-11(15)8-14(13)20(17,18)16-12-7-9-2-3-10(12)6-9/h4-5,8-10,12,16H,2-3,6-7H2,1H3. The van der Waals surface area contributed by atoms with Crippen molar-refractivity contribution in [2.75, 3.05) is 7.11 Å². The van der Waals surface area contributed by atoms with Gasteiger partial charge in [0.25, 0.3) is 0 Å². The summed E-state index contributed by atoms with van der Waals surface area (Å²) in [5.41, 5.74) is 0. The minimum atomic E-state index is -3.75. The molecule has 0 amide bonds. The number of fused-ring (bicyclic) bond motifs is 2. The van der Waals surface area contributed by atoms with Gasteiger partial charge in [-0.05, 0) is 49.3 Å². The molecule has 0 spiro atoms. The molecule has 0 radical (unpaired) electrons. The molecule has 0 saturated heterocycles. The lowest BCUT2D eigenvalue weighted by molar-refractivity contribution is 0.384. The molecule has 1 aromatic carbocycles. The van der Waals surface area contributed by atoms with Gasteiger partial charge in [-0.15, -0.1) is 0 Å². The van der Waals surface area contributed by atoms with Crippen LogP contribution in [0.2, 0.25) is 0 Å². The Morgan fingerprint density at radius 2 is 2.10 bits per heavy atom. The summed E-state index contributed by atoms with van der Waals surface area (Å²) >= 11 is 0. The number of nitrogens with one attached hydrogen (secondary N) is 1. The molecule has 3 unspecified atom stereocenters. The number of rotatable bonds is 4. The van der Waals surface area contributed by atoms with Crippen LogP contribution in [0.4, 0.5) is 4.39 Å². The molecule has 2 fully saturated rings. The van der Waals surface area contributed by atoms with Crippen molar-refractivity contribution in [2.24, 2.45) is 11.8 Å². The summed E-state index contributed by atoms with van der Waals surface area (Å²) in [5.74, 6) is 0.651. The fourth-order valence-electron chi connectivity index (χ4n) is 3.51. The summed E-state index contributed by atoms with van der Waals surface area (Å²) < 4.78 is 46.0. The van der Waals surface area contributed by atoms with Crippen LogP contribution in [0.3, 0.4) is 0 Å². The van der Waals surface area contributed by atoms with Crippen LogP contribution in [0.1, 0.15) is 25.7 Å². The van der Waals surface area contributed by atoms with Crippen LogP contribution >= 0.6 is 0 Å². The summed E-state index contributed by atoms with van der Waals surface area (Å²) in [6.07, 6.45) is 4.28. The van der Waals surface area contributed by atoms with Gasteiger partial charge in [0.2, 0.25) is 10.0 Å². The Morgan fingerprint density at radius 3 is 2.70 bits per heavy atom. The van der Waals surface area contributed by atoms with Gasteiger partial charge in [-0.25, -0.2) is 17.5 Å². The van der Waals surface area contributed by atoms with Crippen molar-refractivity contribution in [1.29, 1.82) is 0 Å². The highest BCUT2D eigenvalue weighted by molar-refractivity contribution is 7.89. The van der Waals surface area contributed by atoms with Crippen molar-refractivity contribution in [3.63, 3.8) is 0 Å². The molecule has 2 bridgehead atoms. The first-order valence-electron chi connectivity index (χ1n) is 6.85. The summed E-state index contributed by atoms with van der Waals surface area (Å²) in [6, 6.07) is 3.51. The highest BCUT2D eigenvalue weighted by atomic mass is 32.2. The van der Waals surface area contributed by atoms with E-state index in [0.717, 1.165) is 25.3 Å². The Bertz CT molecular complexity index is 617. The topological polar surface area (TPSA) is 55.4 Å². The molecule has 3 rings (SSSR count). The first-order chi connectivity index (χ1) is 9.49. The Balaban J connectivity index is 1.86. The second-order valence-electron chi connectivity index (χ2n) is 5.70. The van der Waals surface area contributed by atoms with Crippen molar-refractivity contribution in [3.05, 3.63) is 24.0 Å². The van der Waals surface area contributed by atoms with E-state index in [-0.39, 0.29) is 16.7 Å². The first-order valence-corrected chi connectivity index (χ1v) is 8.34. The molecule has 3 atom stereocenters. The number of halogens is 1. The van der Waals surface area contributed by atoms with Gasteiger partial charge in [0.15, 0.2) is 0 Å². The molecule has 0 aliphatic heterocycles. The van der Waals surface area contributed by atoms with Crippen molar-refractivity contribution < 1.29 is 17.5 Å². The number of hydrogen-bond acceptors (Lipinski definition) is 3. The fraction of sp³-hybridized carbons (Fsp3) is 0.571. The quantitative estimate of drug-likeness (QED) is 0.928. The second-order valence-corrected chi connectivity index (χ2v) is 7.38. The van der Waals surface area contributed by atoms with Gasteiger partial charge < -0.3 is 4.74 Å². The molecule has 2 saturated carbocycles. The van der Waals surface area contributed by atoms with E-state index in [2.05, 4.69) is 4.72 Å². The Hall–Kier alpha value is -1.14. The average Bonchev–Trinajstić information content (AvgIpc) is 3.00. The molecule has 0 aromatic heterocycles. The predicted molar refractivity (Wildman–Crippen MR) is 72.5 cm³/mol. The van der Waals surface area contributed by atoms with Crippen LogP contribution in [0.5, 0.6) is 5.75 Å². The first kappa shape index (κ1) is 13.8. The summed E-state index contributed by atoms with van der Waals surface area (Å²) in [6.45, 7) is 0. The molecule has 1 aromatic rings. The van der Waals surface area contributed by atoms with Crippen LogP contribution in [0.15, 0.2) is 23.1 Å². The molecule has 0 heterocycles. The van der Waals surface area contributed by atoms with E-state index >= 15 is 0 Å². The van der Waals surface area contributed by atoms with Crippen LogP contribution in [0.25, 0.3) is 0 Å². The number of sulfonamides is 1. The second kappa shape index (κ2) is 5.00. The largest absolute Gasteiger partial charge is 0.495 e. The van der Waals surface area contributed by atoms with Gasteiger partial charge in [0.05, 0.1) is 7.11 Å². The normalized spacial score (nSPS) is 28.8. The molecule has 6 heteroatoms. The molecule has 110 valence electrons. The third-order valence-electron chi connectivity index (χ3n) is 4.46. The zero-order valence-electron chi connectivity index (χ0n) is 11.3. The van der Waals surface area contributed by atoms with E-state index < -0.39 is 15.8 Å². The minimum Gasteiger partial charge on any atom is -0.495 e. The lowest BCUT2D eigenvalue weighted by Crippen LogP contribution is -2.38. The van der Waals surface area contributed by atoms with E-state index in [9.17, 15) is 12.8 Å². The monoisotopic (exact) mass is 299 g/mol. The highest BCUT2D eigenvalue weighted by Gasteiger charge is 2.41. The van der Waals surface area contributed by atoms with Gasteiger partial charge in [-0.3, -0.25) is 0 Å². The molecule has 2 aliphatic carbocycles. The summed E-state index contributed by atoms with van der Waals surface area (Å²) in [5, 5.41) is 0. The zero-order valence-corrected chi connectivity index (χ0v) is 12.1. The van der Waals surface area contributed by atoms with Gasteiger partial charge in [-0.2, -0.15) is 0 Å². The van der Waals surface area contributed by atoms with E-state index in [4.69, 9.17) is 4.74 Å². The van der Waals surface area contributed by atoms with Gasteiger partial charge in [-0.1, -0.05) is 6.42 Å². The molecule has 2 aliphatic rings. The van der Waals surface area contributed by atoms with Crippen molar-refractivity contribution >= 4 is 10.0 Å². The molecular weight excluding hydrogens is 281 g/mol. The maximum Gasteiger partial charge on any atom is 0.244 e. The van der Waals surface area contributed by atoms with Crippen molar-refractivity contribution in [3.8, 4) is 5.75 Å². The smallest absolute Gasteiger partial charge is 0.244 e. The van der Waals surface area contributed by atoms with E-state index in [1.807, 2.05) is 0 Å². The third-order valence-corrected chi connectivity index (χ3v) is 5.97. The number of methoxy groups -OCH3 is 1. The third kappa shape index (κ3) is 2.42. The van der Waals surface area contributed by atoms with E-state index in [1.54, 1.807) is 0 Å². The SMILES string of the molecule is COc1ccc(F)cc1S(=O)(=O)NC1CC2CCC1C2. The van der Waals surface area contributed by atoms with Gasteiger partial charge >= 0.3 is 0 Å². The zero-order chi connectivity index (χ0) is 14.3. The van der Waals surface area contributed by atoms with Crippen LogP contribution in [0, 0.1) is 17.7 Å². The molecule has 20 heavy (non-hydrogen) atoms. The van der Waals surface area contributed by atoms with E-state index in [1.165, 1.54) is 25.7 Å². The number of benzene rings is 1. The maximum absolute atomic E-state index is 13.3. The number of hydrogen-bond donors (Lipinski definition) is 1. The average molecular weight is 299 g/mol. The van der Waals surface area contributed by atoms with Gasteiger partial charge in [0.1, 0.15) is 16.5 Å². The van der Waals surface area contributed by atoms with Crippen molar-refractivity contribution in [1.82, 2.24) is 4.72 Å². The van der Waals surface area contributed by atoms with E-state index in [0.29, 0.717) is 11.8 Å². The lowest BCUT2D eigenvalue weighted by atomic mass is 9.96. The predicted octanol–water partition coefficient (Wildman–Crippen LogP) is 2.30. The van der Waals surface area contributed by atoms with Crippen LogP contribution in [-0.2, 0) is 10.0 Å². The Labute approximate surface area is 118 Å². The molecular formula is C14H18FNO3S. The lowest BCUT2D eigenvalue weighted by Gasteiger charge is -2.23. The fourth-order valence-corrected chi connectivity index (χ4v) is 5.01. The molecule has 1 N–H and O–H groups in total. The maximum atomic E-state index is 13.3. The van der Waals surface area contributed by atoms with Crippen LogP contribution < -0.4 is 9.46 Å². The molecule has 4 nitrogen and oxygen atoms in total. The highest BCUT2D eigenvalue weighted by Crippen LogP contribution is 2.45. The van der Waals surface area contributed by atoms with Gasteiger partial charge in [0, 0.05) is 6.04 Å².